The van der Waals surface area contributed by atoms with E-state index in [0.717, 1.165) is 5.56 Å². The van der Waals surface area contributed by atoms with Gasteiger partial charge >= 0.3 is 0 Å². The number of aliphatic hydroxyl groups excluding tert-OH is 1. The minimum absolute atomic E-state index is 0.138. The van der Waals surface area contributed by atoms with E-state index < -0.39 is 12.0 Å². The Kier molecular flexibility index (Phi) is 6.42. The number of hydrogen-bond donors (Lipinski definition) is 2. The van der Waals surface area contributed by atoms with Crippen LogP contribution in [0.1, 0.15) is 28.0 Å². The highest BCUT2D eigenvalue weighted by molar-refractivity contribution is 5.91. The van der Waals surface area contributed by atoms with Gasteiger partial charge in [-0.15, -0.1) is 0 Å². The fraction of sp³-hybridized carbons (Fsp3) is 0.263. The van der Waals surface area contributed by atoms with E-state index in [1.165, 1.54) is 17.2 Å². The molecule has 2 aromatic rings. The number of nitrogens with two attached hydrogens (primary N) is 1. The Balaban J connectivity index is 2.23. The highest BCUT2D eigenvalue weighted by Gasteiger charge is 2.08. The highest BCUT2D eigenvalue weighted by atomic mass is 16.3. The maximum Gasteiger partial charge on any atom is 0.267 e. The summed E-state index contributed by atoms with van der Waals surface area (Å²) in [7, 11) is 1.64. The van der Waals surface area contributed by atoms with E-state index in [-0.39, 0.29) is 5.69 Å². The molecule has 3 N–H and O–H groups in total. The van der Waals surface area contributed by atoms with Crippen molar-refractivity contribution in [3.63, 3.8) is 0 Å². The third-order valence-electron chi connectivity index (χ3n) is 3.56. The molecule has 1 aromatic heterocycles. The van der Waals surface area contributed by atoms with Crippen molar-refractivity contribution >= 4 is 12.3 Å². The summed E-state index contributed by atoms with van der Waals surface area (Å²) in [6.07, 6.45) is 1.71. The van der Waals surface area contributed by atoms with Crippen molar-refractivity contribution in [3.8, 4) is 23.2 Å². The fourth-order valence-corrected chi connectivity index (χ4v) is 2.24. The maximum absolute atomic E-state index is 11.3. The first-order valence-electron chi connectivity index (χ1n) is 7.99. The van der Waals surface area contributed by atoms with E-state index >= 15 is 0 Å². The molecule has 0 radical (unpaired) electrons. The quantitative estimate of drug-likeness (QED) is 0.589. The summed E-state index contributed by atoms with van der Waals surface area (Å²) >= 11 is 0. The topological polar surface area (TPSA) is 109 Å². The summed E-state index contributed by atoms with van der Waals surface area (Å²) in [4.78, 5) is 31.6. The van der Waals surface area contributed by atoms with Crippen molar-refractivity contribution in [2.45, 2.75) is 19.4 Å². The summed E-state index contributed by atoms with van der Waals surface area (Å²) in [5.74, 6) is 5.44. The van der Waals surface area contributed by atoms with E-state index in [1.807, 2.05) is 19.1 Å². The molecule has 0 saturated heterocycles. The van der Waals surface area contributed by atoms with Crippen molar-refractivity contribution in [3.05, 3.63) is 47.3 Å². The van der Waals surface area contributed by atoms with Crippen LogP contribution in [0.2, 0.25) is 0 Å². The van der Waals surface area contributed by atoms with Crippen LogP contribution in [-0.2, 0) is 4.79 Å². The Hall–Kier alpha value is -3.24. The zero-order valence-corrected chi connectivity index (χ0v) is 14.6. The Morgan fingerprint density at radius 3 is 2.88 bits per heavy atom. The molecular weight excluding hydrogens is 332 g/mol. The second-order valence-corrected chi connectivity index (χ2v) is 5.88. The molecule has 1 aromatic carbocycles. The number of rotatable bonds is 6. The molecular formula is C19H20N4O3. The Morgan fingerprint density at radius 1 is 1.42 bits per heavy atom. The van der Waals surface area contributed by atoms with Crippen LogP contribution in [0.3, 0.4) is 0 Å². The number of nitrogens with zero attached hydrogens (tertiary/aromatic N) is 3. The number of hydrogen-bond acceptors (Lipinski definition) is 5. The standard InChI is InChI=1S/C19H20N4O3/c1-13-9-14(3-4-16(25)6-8-23(2)12-24)11-15(10-13)19-21-7-5-17(22-19)18(20)26/h5,7,9-12,16,25H,6,8H2,1-2H3,(H2,20,26)/t16-/m0/s1. The lowest BCUT2D eigenvalue weighted by Gasteiger charge is -2.10. The molecule has 0 saturated carbocycles. The first-order valence-corrected chi connectivity index (χ1v) is 7.99. The minimum Gasteiger partial charge on any atom is -0.380 e. The zero-order valence-electron chi connectivity index (χ0n) is 14.6. The maximum atomic E-state index is 11.3. The number of primary amides is 1. The minimum atomic E-state index is -0.837. The molecule has 0 bridgehead atoms. The van der Waals surface area contributed by atoms with Gasteiger partial charge in [-0.25, -0.2) is 9.97 Å². The number of carbonyl (C=O) groups excluding carboxylic acids is 2. The van der Waals surface area contributed by atoms with Gasteiger partial charge in [-0.2, -0.15) is 0 Å². The van der Waals surface area contributed by atoms with E-state index in [2.05, 4.69) is 21.8 Å². The van der Waals surface area contributed by atoms with Crippen molar-refractivity contribution in [2.24, 2.45) is 5.73 Å². The van der Waals surface area contributed by atoms with Gasteiger partial charge in [0.25, 0.3) is 5.91 Å². The van der Waals surface area contributed by atoms with Crippen LogP contribution in [0.25, 0.3) is 11.4 Å². The molecule has 1 atom stereocenters. The van der Waals surface area contributed by atoms with E-state index in [9.17, 15) is 14.7 Å². The van der Waals surface area contributed by atoms with Gasteiger partial charge < -0.3 is 15.7 Å². The van der Waals surface area contributed by atoms with Gasteiger partial charge in [-0.3, -0.25) is 9.59 Å². The van der Waals surface area contributed by atoms with Crippen molar-refractivity contribution in [1.82, 2.24) is 14.9 Å². The van der Waals surface area contributed by atoms with Crippen molar-refractivity contribution in [2.75, 3.05) is 13.6 Å². The van der Waals surface area contributed by atoms with E-state index in [1.54, 1.807) is 13.1 Å². The van der Waals surface area contributed by atoms with Gasteiger partial charge in [-0.05, 0) is 36.8 Å². The molecule has 2 rings (SSSR count). The predicted octanol–water partition coefficient (Wildman–Crippen LogP) is 0.742. The monoisotopic (exact) mass is 352 g/mol. The van der Waals surface area contributed by atoms with Crippen LogP contribution in [0.5, 0.6) is 0 Å². The number of benzene rings is 1. The average molecular weight is 352 g/mol. The van der Waals surface area contributed by atoms with Gasteiger partial charge in [0.15, 0.2) is 5.82 Å². The Labute approximate surface area is 151 Å². The smallest absolute Gasteiger partial charge is 0.267 e. The molecule has 0 aliphatic carbocycles. The summed E-state index contributed by atoms with van der Waals surface area (Å²) in [5.41, 5.74) is 7.73. The van der Waals surface area contributed by atoms with Crippen LogP contribution < -0.4 is 5.73 Å². The molecule has 7 nitrogen and oxygen atoms in total. The lowest BCUT2D eigenvalue weighted by molar-refractivity contribution is -0.117. The van der Waals surface area contributed by atoms with Gasteiger partial charge in [0, 0.05) is 37.3 Å². The van der Waals surface area contributed by atoms with Crippen LogP contribution in [-0.4, -0.2) is 52.0 Å². The summed E-state index contributed by atoms with van der Waals surface area (Å²) in [6.45, 7) is 2.33. The van der Waals surface area contributed by atoms with Gasteiger partial charge in [-0.1, -0.05) is 11.8 Å². The van der Waals surface area contributed by atoms with Crippen LogP contribution in [0.4, 0.5) is 0 Å². The van der Waals surface area contributed by atoms with Crippen LogP contribution >= 0.6 is 0 Å². The second kappa shape index (κ2) is 8.74. The molecule has 0 spiro atoms. The molecule has 0 fully saturated rings. The molecule has 0 unspecified atom stereocenters. The zero-order chi connectivity index (χ0) is 19.1. The van der Waals surface area contributed by atoms with Gasteiger partial charge in [0.2, 0.25) is 6.41 Å². The molecule has 26 heavy (non-hydrogen) atoms. The first-order chi connectivity index (χ1) is 12.4. The number of aliphatic hydroxyl groups is 1. The average Bonchev–Trinajstić information content (AvgIpc) is 2.64. The van der Waals surface area contributed by atoms with E-state index in [0.29, 0.717) is 36.3 Å². The number of aryl methyl sites for hydroxylation is 1. The van der Waals surface area contributed by atoms with Gasteiger partial charge in [0.1, 0.15) is 11.8 Å². The summed E-state index contributed by atoms with van der Waals surface area (Å²) in [5, 5.41) is 9.92. The second-order valence-electron chi connectivity index (χ2n) is 5.88. The molecule has 0 aliphatic rings. The summed E-state index contributed by atoms with van der Waals surface area (Å²) in [6, 6.07) is 6.99. The largest absolute Gasteiger partial charge is 0.380 e. The molecule has 134 valence electrons. The molecule has 0 aliphatic heterocycles. The number of aromatic nitrogens is 2. The molecule has 7 heteroatoms. The summed E-state index contributed by atoms with van der Waals surface area (Å²) < 4.78 is 0. The van der Waals surface area contributed by atoms with Gasteiger partial charge in [0.05, 0.1) is 0 Å². The fourth-order valence-electron chi connectivity index (χ4n) is 2.24. The van der Waals surface area contributed by atoms with Crippen molar-refractivity contribution < 1.29 is 14.7 Å². The SMILES string of the molecule is Cc1cc(C#C[C@H](O)CCN(C)C=O)cc(-c2nccc(C(N)=O)n2)c1. The third-order valence-corrected chi connectivity index (χ3v) is 3.56. The first kappa shape index (κ1) is 19.1. The molecule has 2 amide bonds. The predicted molar refractivity (Wildman–Crippen MR) is 96.9 cm³/mol. The lowest BCUT2D eigenvalue weighted by atomic mass is 10.1. The Bertz CT molecular complexity index is 871. The highest BCUT2D eigenvalue weighted by Crippen LogP contribution is 2.18. The number of amides is 2. The Morgan fingerprint density at radius 2 is 2.19 bits per heavy atom. The van der Waals surface area contributed by atoms with Crippen molar-refractivity contribution in [1.29, 1.82) is 0 Å². The molecule has 1 heterocycles. The van der Waals surface area contributed by atoms with Crippen LogP contribution in [0.15, 0.2) is 30.5 Å². The van der Waals surface area contributed by atoms with E-state index in [4.69, 9.17) is 5.73 Å². The van der Waals surface area contributed by atoms with Crippen LogP contribution in [0, 0.1) is 18.8 Å². The normalized spacial score (nSPS) is 11.2. The third kappa shape index (κ3) is 5.40. The lowest BCUT2D eigenvalue weighted by Crippen LogP contribution is -2.21. The number of carbonyl (C=O) groups is 2.